The van der Waals surface area contributed by atoms with Crippen molar-refractivity contribution in [2.45, 2.75) is 26.3 Å². The second-order valence-electron chi connectivity index (χ2n) is 4.69. The molecule has 1 rings (SSSR count). The summed E-state index contributed by atoms with van der Waals surface area (Å²) < 4.78 is 0. The molecule has 7 nitrogen and oxygen atoms in total. The van der Waals surface area contributed by atoms with E-state index in [-0.39, 0.29) is 29.6 Å². The lowest BCUT2D eigenvalue weighted by Crippen LogP contribution is -2.28. The van der Waals surface area contributed by atoms with E-state index in [9.17, 15) is 14.9 Å². The molecule has 106 valence electrons. The van der Waals surface area contributed by atoms with Crippen LogP contribution in [0.2, 0.25) is 0 Å². The predicted octanol–water partition coefficient (Wildman–Crippen LogP) is 2.38. The van der Waals surface area contributed by atoms with Crippen LogP contribution in [0.4, 0.5) is 11.4 Å². The highest BCUT2D eigenvalue weighted by molar-refractivity contribution is 5.68. The molecule has 0 spiro atoms. The minimum Gasteiger partial charge on any atom is -0.481 e. The number of benzene rings is 1. The standard InChI is InChI=1S/C13H15N3O4/c1-8(2)11(6-13(17)18)15-10-4-3-9(7-14)12(5-10)16(19)20/h3-5,8,11,15H,6H2,1-2H3,(H,17,18). The first-order valence-electron chi connectivity index (χ1n) is 6.02. The fraction of sp³-hybridized carbons (Fsp3) is 0.385. The monoisotopic (exact) mass is 277 g/mol. The van der Waals surface area contributed by atoms with Crippen molar-refractivity contribution in [2.75, 3.05) is 5.32 Å². The number of hydrogen-bond acceptors (Lipinski definition) is 5. The number of hydrogen-bond donors (Lipinski definition) is 2. The summed E-state index contributed by atoms with van der Waals surface area (Å²) in [5.41, 5.74) is 0.103. The zero-order valence-electron chi connectivity index (χ0n) is 11.2. The highest BCUT2D eigenvalue weighted by atomic mass is 16.6. The van der Waals surface area contributed by atoms with Crippen LogP contribution in [-0.4, -0.2) is 22.0 Å². The van der Waals surface area contributed by atoms with Crippen LogP contribution in [-0.2, 0) is 4.79 Å². The van der Waals surface area contributed by atoms with Gasteiger partial charge in [0, 0.05) is 17.8 Å². The smallest absolute Gasteiger partial charge is 0.305 e. The number of nitriles is 1. The minimum absolute atomic E-state index is 0.0279. The van der Waals surface area contributed by atoms with Crippen molar-refractivity contribution in [2.24, 2.45) is 5.92 Å². The molecular formula is C13H15N3O4. The van der Waals surface area contributed by atoms with E-state index in [1.165, 1.54) is 18.2 Å². The van der Waals surface area contributed by atoms with Gasteiger partial charge in [0.15, 0.2) is 0 Å². The molecule has 20 heavy (non-hydrogen) atoms. The number of nitrogens with zero attached hydrogens (tertiary/aromatic N) is 2. The van der Waals surface area contributed by atoms with Crippen LogP contribution >= 0.6 is 0 Å². The predicted molar refractivity (Wildman–Crippen MR) is 72.3 cm³/mol. The van der Waals surface area contributed by atoms with Crippen LogP contribution < -0.4 is 5.32 Å². The van der Waals surface area contributed by atoms with E-state index in [1.807, 2.05) is 13.8 Å². The second-order valence-corrected chi connectivity index (χ2v) is 4.69. The highest BCUT2D eigenvalue weighted by Gasteiger charge is 2.19. The SMILES string of the molecule is CC(C)C(CC(=O)O)Nc1ccc(C#N)c([N+](=O)[O-])c1. The van der Waals surface area contributed by atoms with Crippen LogP contribution in [0, 0.1) is 27.4 Å². The van der Waals surface area contributed by atoms with Crippen molar-refractivity contribution >= 4 is 17.3 Å². The van der Waals surface area contributed by atoms with Crippen molar-refractivity contribution in [1.29, 1.82) is 5.26 Å². The van der Waals surface area contributed by atoms with Crippen LogP contribution in [0.1, 0.15) is 25.8 Å². The first-order chi connectivity index (χ1) is 9.35. The molecule has 0 aromatic heterocycles. The van der Waals surface area contributed by atoms with Gasteiger partial charge in [-0.1, -0.05) is 13.8 Å². The number of carbonyl (C=O) groups is 1. The summed E-state index contributed by atoms with van der Waals surface area (Å²) in [4.78, 5) is 21.0. The van der Waals surface area contributed by atoms with Crippen LogP contribution in [0.3, 0.4) is 0 Å². The fourth-order valence-corrected chi connectivity index (χ4v) is 1.72. The number of nitro benzene ring substituents is 1. The van der Waals surface area contributed by atoms with Gasteiger partial charge in [-0.05, 0) is 18.1 Å². The van der Waals surface area contributed by atoms with E-state index in [2.05, 4.69) is 5.32 Å². The molecule has 0 saturated carbocycles. The van der Waals surface area contributed by atoms with Gasteiger partial charge in [0.1, 0.15) is 11.6 Å². The number of nitro groups is 1. The Labute approximate surface area is 116 Å². The lowest BCUT2D eigenvalue weighted by atomic mass is 10.0. The van der Waals surface area contributed by atoms with E-state index >= 15 is 0 Å². The summed E-state index contributed by atoms with van der Waals surface area (Å²) >= 11 is 0. The van der Waals surface area contributed by atoms with Gasteiger partial charge in [0.05, 0.1) is 11.3 Å². The Bertz CT molecular complexity index is 563. The molecule has 1 aromatic rings. The Kier molecular flexibility index (Phi) is 5.03. The summed E-state index contributed by atoms with van der Waals surface area (Å²) in [6, 6.07) is 5.52. The Hall–Kier alpha value is -2.62. The Balaban J connectivity index is 3.02. The van der Waals surface area contributed by atoms with Crippen LogP contribution in [0.15, 0.2) is 18.2 Å². The number of carboxylic acids is 1. The van der Waals surface area contributed by atoms with Crippen molar-refractivity contribution in [3.63, 3.8) is 0 Å². The summed E-state index contributed by atoms with van der Waals surface area (Å²) in [5.74, 6) is -0.903. The maximum atomic E-state index is 10.9. The lowest BCUT2D eigenvalue weighted by molar-refractivity contribution is -0.385. The van der Waals surface area contributed by atoms with Gasteiger partial charge < -0.3 is 10.4 Å². The first-order valence-corrected chi connectivity index (χ1v) is 6.02. The molecule has 1 unspecified atom stereocenters. The molecular weight excluding hydrogens is 262 g/mol. The molecule has 0 aliphatic carbocycles. The van der Waals surface area contributed by atoms with E-state index in [1.54, 1.807) is 6.07 Å². The van der Waals surface area contributed by atoms with E-state index in [0.717, 1.165) is 0 Å². The van der Waals surface area contributed by atoms with Crippen LogP contribution in [0.5, 0.6) is 0 Å². The van der Waals surface area contributed by atoms with Gasteiger partial charge in [-0.25, -0.2) is 0 Å². The molecule has 0 aliphatic rings. The summed E-state index contributed by atoms with van der Waals surface area (Å²) in [6.07, 6.45) is -0.0918. The average molecular weight is 277 g/mol. The van der Waals surface area contributed by atoms with Gasteiger partial charge in [0.2, 0.25) is 0 Å². The van der Waals surface area contributed by atoms with Gasteiger partial charge in [0.25, 0.3) is 5.69 Å². The number of carboxylic acid groups (broad SMARTS) is 1. The summed E-state index contributed by atoms with van der Waals surface area (Å²) in [5, 5.41) is 31.5. The molecule has 1 atom stereocenters. The first kappa shape index (κ1) is 15.4. The van der Waals surface area contributed by atoms with Crippen LogP contribution in [0.25, 0.3) is 0 Å². The third kappa shape index (κ3) is 3.95. The number of rotatable bonds is 6. The molecule has 0 fully saturated rings. The highest BCUT2D eigenvalue weighted by Crippen LogP contribution is 2.24. The van der Waals surface area contributed by atoms with Gasteiger partial charge in [-0.15, -0.1) is 0 Å². The van der Waals surface area contributed by atoms with Gasteiger partial charge in [-0.3, -0.25) is 14.9 Å². The third-order valence-corrected chi connectivity index (χ3v) is 2.87. The van der Waals surface area contributed by atoms with Crippen molar-refractivity contribution in [3.8, 4) is 6.07 Å². The molecule has 1 aromatic carbocycles. The Morgan fingerprint density at radius 1 is 1.55 bits per heavy atom. The normalized spacial score (nSPS) is 11.7. The van der Waals surface area contributed by atoms with E-state index in [0.29, 0.717) is 5.69 Å². The molecule has 0 saturated heterocycles. The van der Waals surface area contributed by atoms with Crippen molar-refractivity contribution < 1.29 is 14.8 Å². The maximum Gasteiger partial charge on any atom is 0.305 e. The lowest BCUT2D eigenvalue weighted by Gasteiger charge is -2.21. The van der Waals surface area contributed by atoms with E-state index in [4.69, 9.17) is 10.4 Å². The molecule has 0 aliphatic heterocycles. The minimum atomic E-state index is -0.945. The van der Waals surface area contributed by atoms with Crippen molar-refractivity contribution in [3.05, 3.63) is 33.9 Å². The number of anilines is 1. The van der Waals surface area contributed by atoms with Gasteiger partial charge in [-0.2, -0.15) is 5.26 Å². The average Bonchev–Trinajstić information content (AvgIpc) is 2.37. The molecule has 7 heteroatoms. The topological polar surface area (TPSA) is 116 Å². The maximum absolute atomic E-state index is 10.9. The largest absolute Gasteiger partial charge is 0.481 e. The van der Waals surface area contributed by atoms with Gasteiger partial charge >= 0.3 is 5.97 Å². The molecule has 0 amide bonds. The molecule has 0 heterocycles. The quantitative estimate of drug-likeness (QED) is 0.609. The molecule has 0 bridgehead atoms. The zero-order valence-corrected chi connectivity index (χ0v) is 11.2. The third-order valence-electron chi connectivity index (χ3n) is 2.87. The molecule has 0 radical (unpaired) electrons. The summed E-state index contributed by atoms with van der Waals surface area (Å²) in [7, 11) is 0. The fourth-order valence-electron chi connectivity index (χ4n) is 1.72. The Morgan fingerprint density at radius 3 is 2.65 bits per heavy atom. The van der Waals surface area contributed by atoms with Crippen molar-refractivity contribution in [1.82, 2.24) is 0 Å². The number of nitrogens with one attached hydrogen (secondary N) is 1. The zero-order chi connectivity index (χ0) is 15.3. The Morgan fingerprint density at radius 2 is 2.20 bits per heavy atom. The number of aliphatic carboxylic acids is 1. The second kappa shape index (κ2) is 6.52. The van der Waals surface area contributed by atoms with E-state index < -0.39 is 10.9 Å². The summed E-state index contributed by atoms with van der Waals surface area (Å²) in [6.45, 7) is 3.72. The molecule has 2 N–H and O–H groups in total.